The zero-order chi connectivity index (χ0) is 18.5. The average molecular weight is 393 g/mol. The van der Waals surface area contributed by atoms with Gasteiger partial charge < -0.3 is 18.6 Å². The second-order valence-corrected chi connectivity index (χ2v) is 6.57. The van der Waals surface area contributed by atoms with Crippen molar-refractivity contribution >= 4 is 23.4 Å². The molecule has 0 amide bonds. The Hall–Kier alpha value is -2.38. The summed E-state index contributed by atoms with van der Waals surface area (Å²) in [5.41, 5.74) is 1.76. The molecule has 3 rings (SSSR count). The Labute approximate surface area is 160 Å². The van der Waals surface area contributed by atoms with Crippen LogP contribution in [0.1, 0.15) is 5.56 Å². The Morgan fingerprint density at radius 2 is 1.73 bits per heavy atom. The van der Waals surface area contributed by atoms with Crippen LogP contribution in [0.15, 0.2) is 46.0 Å². The van der Waals surface area contributed by atoms with E-state index < -0.39 is 0 Å². The molecule has 3 aromatic rings. The van der Waals surface area contributed by atoms with Gasteiger partial charge in [0, 0.05) is 16.3 Å². The lowest BCUT2D eigenvalue weighted by atomic mass is 10.2. The molecule has 0 saturated heterocycles. The fraction of sp³-hybridized carbons (Fsp3) is 0.222. The first-order valence-electron chi connectivity index (χ1n) is 7.65. The maximum absolute atomic E-state index is 6.00. The maximum Gasteiger partial charge on any atom is 0.277 e. The van der Waals surface area contributed by atoms with Crippen LogP contribution in [-0.4, -0.2) is 31.5 Å². The van der Waals surface area contributed by atoms with E-state index in [4.69, 9.17) is 30.2 Å². The van der Waals surface area contributed by atoms with Gasteiger partial charge in [0.05, 0.1) is 21.3 Å². The van der Waals surface area contributed by atoms with Crippen molar-refractivity contribution in [3.8, 4) is 28.7 Å². The number of aromatic nitrogens is 2. The third kappa shape index (κ3) is 4.05. The first-order chi connectivity index (χ1) is 12.6. The van der Waals surface area contributed by atoms with Crippen molar-refractivity contribution < 1.29 is 18.6 Å². The van der Waals surface area contributed by atoms with Crippen LogP contribution >= 0.6 is 23.4 Å². The SMILES string of the molecule is COc1cc(-c2nnc(SCc3cccc(Cl)c3)o2)cc(OC)c1OC. The predicted octanol–water partition coefficient (Wildman–Crippen LogP) is 4.71. The number of thioether (sulfide) groups is 1. The van der Waals surface area contributed by atoms with Crippen molar-refractivity contribution in [1.29, 1.82) is 0 Å². The first-order valence-corrected chi connectivity index (χ1v) is 9.02. The normalized spacial score (nSPS) is 10.6. The molecule has 26 heavy (non-hydrogen) atoms. The molecule has 0 atom stereocenters. The summed E-state index contributed by atoms with van der Waals surface area (Å²) >= 11 is 7.44. The lowest BCUT2D eigenvalue weighted by Crippen LogP contribution is -1.95. The topological polar surface area (TPSA) is 66.6 Å². The van der Waals surface area contributed by atoms with Gasteiger partial charge in [-0.3, -0.25) is 0 Å². The summed E-state index contributed by atoms with van der Waals surface area (Å²) in [7, 11) is 4.67. The largest absolute Gasteiger partial charge is 0.493 e. The molecule has 0 saturated carbocycles. The van der Waals surface area contributed by atoms with Gasteiger partial charge in [0.25, 0.3) is 5.22 Å². The van der Waals surface area contributed by atoms with Gasteiger partial charge in [-0.05, 0) is 29.8 Å². The van der Waals surface area contributed by atoms with E-state index in [1.165, 1.54) is 11.8 Å². The summed E-state index contributed by atoms with van der Waals surface area (Å²) in [6.07, 6.45) is 0. The van der Waals surface area contributed by atoms with Crippen molar-refractivity contribution in [2.24, 2.45) is 0 Å². The second kappa shape index (κ2) is 8.33. The maximum atomic E-state index is 6.00. The van der Waals surface area contributed by atoms with E-state index in [0.29, 0.717) is 44.7 Å². The molecule has 0 N–H and O–H groups in total. The van der Waals surface area contributed by atoms with Crippen molar-refractivity contribution in [2.75, 3.05) is 21.3 Å². The molecule has 0 fully saturated rings. The van der Waals surface area contributed by atoms with Gasteiger partial charge in [0.1, 0.15) is 0 Å². The standard InChI is InChI=1S/C18H17ClN2O4S/c1-22-14-8-12(9-15(23-2)16(14)24-3)17-20-21-18(25-17)26-10-11-5-4-6-13(19)7-11/h4-9H,10H2,1-3H3. The fourth-order valence-corrected chi connectivity index (χ4v) is 3.28. The van der Waals surface area contributed by atoms with Crippen LogP contribution in [0.3, 0.4) is 0 Å². The second-order valence-electron chi connectivity index (χ2n) is 5.21. The number of ether oxygens (including phenoxy) is 3. The van der Waals surface area contributed by atoms with Crippen molar-refractivity contribution in [1.82, 2.24) is 10.2 Å². The third-order valence-corrected chi connectivity index (χ3v) is 4.69. The Morgan fingerprint density at radius 3 is 2.35 bits per heavy atom. The summed E-state index contributed by atoms with van der Waals surface area (Å²) in [6, 6.07) is 11.2. The van der Waals surface area contributed by atoms with Gasteiger partial charge in [-0.1, -0.05) is 35.5 Å². The monoisotopic (exact) mass is 392 g/mol. The molecule has 1 heterocycles. The zero-order valence-electron chi connectivity index (χ0n) is 14.5. The quantitative estimate of drug-likeness (QED) is 0.539. The fourth-order valence-electron chi connectivity index (χ4n) is 2.36. The van der Waals surface area contributed by atoms with E-state index in [9.17, 15) is 0 Å². The highest BCUT2D eigenvalue weighted by Crippen LogP contribution is 2.41. The third-order valence-electron chi connectivity index (χ3n) is 3.57. The van der Waals surface area contributed by atoms with Crippen LogP contribution < -0.4 is 14.2 Å². The minimum Gasteiger partial charge on any atom is -0.493 e. The van der Waals surface area contributed by atoms with E-state index in [0.717, 1.165) is 5.56 Å². The van der Waals surface area contributed by atoms with Crippen molar-refractivity contribution in [3.63, 3.8) is 0 Å². The number of methoxy groups -OCH3 is 3. The molecule has 2 aromatic carbocycles. The predicted molar refractivity (Wildman–Crippen MR) is 100 cm³/mol. The van der Waals surface area contributed by atoms with Gasteiger partial charge in [-0.25, -0.2) is 0 Å². The Kier molecular flexibility index (Phi) is 5.90. The van der Waals surface area contributed by atoms with Crippen LogP contribution in [0.5, 0.6) is 17.2 Å². The number of nitrogens with zero attached hydrogens (tertiary/aromatic N) is 2. The first kappa shape index (κ1) is 18.4. The molecule has 136 valence electrons. The zero-order valence-corrected chi connectivity index (χ0v) is 16.1. The van der Waals surface area contributed by atoms with Crippen LogP contribution in [-0.2, 0) is 5.75 Å². The molecule has 8 heteroatoms. The minimum absolute atomic E-state index is 0.373. The lowest BCUT2D eigenvalue weighted by Gasteiger charge is -2.12. The number of rotatable bonds is 7. The summed E-state index contributed by atoms with van der Waals surface area (Å²) < 4.78 is 21.8. The highest BCUT2D eigenvalue weighted by molar-refractivity contribution is 7.98. The van der Waals surface area contributed by atoms with E-state index in [1.807, 2.05) is 24.3 Å². The molecular weight excluding hydrogens is 376 g/mol. The molecule has 0 radical (unpaired) electrons. The summed E-state index contributed by atoms with van der Waals surface area (Å²) in [4.78, 5) is 0. The average Bonchev–Trinajstić information content (AvgIpc) is 3.14. The van der Waals surface area contributed by atoms with Crippen LogP contribution in [0.4, 0.5) is 0 Å². The molecule has 0 aliphatic carbocycles. The summed E-state index contributed by atoms with van der Waals surface area (Å²) in [5.74, 6) is 2.60. The minimum atomic E-state index is 0.373. The van der Waals surface area contributed by atoms with Crippen LogP contribution in [0.25, 0.3) is 11.5 Å². The van der Waals surface area contributed by atoms with E-state index in [2.05, 4.69) is 10.2 Å². The van der Waals surface area contributed by atoms with Crippen molar-refractivity contribution in [3.05, 3.63) is 47.0 Å². The van der Waals surface area contributed by atoms with Gasteiger partial charge in [0.15, 0.2) is 11.5 Å². The van der Waals surface area contributed by atoms with E-state index in [1.54, 1.807) is 33.5 Å². The molecule has 0 unspecified atom stereocenters. The highest BCUT2D eigenvalue weighted by atomic mass is 35.5. The Balaban J connectivity index is 1.81. The van der Waals surface area contributed by atoms with Gasteiger partial charge in [-0.2, -0.15) is 0 Å². The van der Waals surface area contributed by atoms with Gasteiger partial charge in [-0.15, -0.1) is 10.2 Å². The molecule has 0 bridgehead atoms. The summed E-state index contributed by atoms with van der Waals surface area (Å²) in [6.45, 7) is 0. The molecule has 1 aromatic heterocycles. The van der Waals surface area contributed by atoms with E-state index >= 15 is 0 Å². The molecule has 0 aliphatic rings. The van der Waals surface area contributed by atoms with Crippen molar-refractivity contribution in [2.45, 2.75) is 11.0 Å². The van der Waals surface area contributed by atoms with Crippen LogP contribution in [0, 0.1) is 0 Å². The van der Waals surface area contributed by atoms with Crippen LogP contribution in [0.2, 0.25) is 5.02 Å². The molecule has 0 aliphatic heterocycles. The Morgan fingerprint density at radius 1 is 1.00 bits per heavy atom. The lowest BCUT2D eigenvalue weighted by molar-refractivity contribution is 0.324. The molecule has 0 spiro atoms. The number of benzene rings is 2. The molecular formula is C18H17ClN2O4S. The summed E-state index contributed by atoms with van der Waals surface area (Å²) in [5, 5.41) is 9.36. The van der Waals surface area contributed by atoms with Gasteiger partial charge >= 0.3 is 0 Å². The molecule has 6 nitrogen and oxygen atoms in total. The Bertz CT molecular complexity index is 875. The number of hydrogen-bond acceptors (Lipinski definition) is 7. The number of halogens is 1. The van der Waals surface area contributed by atoms with E-state index in [-0.39, 0.29) is 0 Å². The number of hydrogen-bond donors (Lipinski definition) is 0. The van der Waals surface area contributed by atoms with Gasteiger partial charge in [0.2, 0.25) is 11.6 Å². The highest BCUT2D eigenvalue weighted by Gasteiger charge is 2.17. The smallest absolute Gasteiger partial charge is 0.277 e.